The van der Waals surface area contributed by atoms with Gasteiger partial charge in [-0.15, -0.1) is 0 Å². The van der Waals surface area contributed by atoms with E-state index in [9.17, 15) is 4.79 Å². The molecule has 0 unspecified atom stereocenters. The Morgan fingerprint density at radius 3 is 3.15 bits per heavy atom. The Kier molecular flexibility index (Phi) is 3.25. The lowest BCUT2D eigenvalue weighted by molar-refractivity contribution is -0.134. The monoisotopic (exact) mass is 180 g/mol. The minimum absolute atomic E-state index is 0.370. The largest absolute Gasteiger partial charge is 0.466 e. The van der Waals surface area contributed by atoms with Gasteiger partial charge in [0.05, 0.1) is 7.11 Å². The molecule has 1 aromatic rings. The highest BCUT2D eigenvalue weighted by Gasteiger charge is 1.97. The van der Waals surface area contributed by atoms with Crippen LogP contribution in [0.15, 0.2) is 18.5 Å². The van der Waals surface area contributed by atoms with Crippen molar-refractivity contribution in [2.45, 2.75) is 13.5 Å². The number of hydrogen-bond donors (Lipinski definition) is 0. The van der Waals surface area contributed by atoms with Crippen molar-refractivity contribution in [1.29, 1.82) is 0 Å². The smallest absolute Gasteiger partial charge is 0.330 e. The maximum absolute atomic E-state index is 10.8. The van der Waals surface area contributed by atoms with Crippen molar-refractivity contribution in [3.05, 3.63) is 24.3 Å². The lowest BCUT2D eigenvalue weighted by atomic mass is 10.4. The van der Waals surface area contributed by atoms with Crippen LogP contribution >= 0.6 is 0 Å². The first kappa shape index (κ1) is 9.51. The molecule has 1 aromatic heterocycles. The normalized spacial score (nSPS) is 10.6. The summed E-state index contributed by atoms with van der Waals surface area (Å²) in [5.74, 6) is 0.388. The molecule has 0 amide bonds. The van der Waals surface area contributed by atoms with Gasteiger partial charge >= 0.3 is 5.97 Å². The molecule has 1 heterocycles. The molecule has 0 saturated carbocycles. The van der Waals surface area contributed by atoms with Crippen molar-refractivity contribution in [3.8, 4) is 0 Å². The van der Waals surface area contributed by atoms with Gasteiger partial charge in [0.25, 0.3) is 0 Å². The summed E-state index contributed by atoms with van der Waals surface area (Å²) in [6.45, 7) is 2.85. The van der Waals surface area contributed by atoms with Crippen LogP contribution in [0.3, 0.4) is 0 Å². The number of rotatable bonds is 3. The standard InChI is InChI=1S/C9H12N2O2/c1-3-11-7-6-10-8(11)4-5-9(12)13-2/h4-7H,3H2,1-2H3. The highest BCUT2D eigenvalue weighted by Crippen LogP contribution is 1.99. The van der Waals surface area contributed by atoms with Crippen LogP contribution in [0.5, 0.6) is 0 Å². The number of aryl methyl sites for hydroxylation is 1. The summed E-state index contributed by atoms with van der Waals surface area (Å²) in [6.07, 6.45) is 6.54. The molecule has 0 bridgehead atoms. The lowest BCUT2D eigenvalue weighted by Crippen LogP contribution is -1.97. The summed E-state index contributed by atoms with van der Waals surface area (Å²) >= 11 is 0. The Hall–Kier alpha value is -1.58. The number of methoxy groups -OCH3 is 1. The van der Waals surface area contributed by atoms with E-state index < -0.39 is 0 Å². The van der Waals surface area contributed by atoms with Gasteiger partial charge in [-0.1, -0.05) is 0 Å². The quantitative estimate of drug-likeness (QED) is 0.516. The molecule has 70 valence electrons. The van der Waals surface area contributed by atoms with Gasteiger partial charge < -0.3 is 9.30 Å². The second kappa shape index (κ2) is 4.45. The van der Waals surface area contributed by atoms with E-state index in [0.29, 0.717) is 0 Å². The van der Waals surface area contributed by atoms with Crippen LogP contribution in [-0.4, -0.2) is 22.6 Å². The second-order valence-electron chi connectivity index (χ2n) is 2.43. The van der Waals surface area contributed by atoms with Crippen LogP contribution in [0.1, 0.15) is 12.7 Å². The van der Waals surface area contributed by atoms with Crippen molar-refractivity contribution in [2.75, 3.05) is 7.11 Å². The maximum Gasteiger partial charge on any atom is 0.330 e. The Morgan fingerprint density at radius 2 is 2.54 bits per heavy atom. The zero-order valence-corrected chi connectivity index (χ0v) is 7.73. The highest BCUT2D eigenvalue weighted by atomic mass is 16.5. The molecule has 0 aliphatic rings. The second-order valence-corrected chi connectivity index (χ2v) is 2.43. The third-order valence-electron chi connectivity index (χ3n) is 1.66. The molecule has 0 aliphatic carbocycles. The zero-order chi connectivity index (χ0) is 9.68. The number of carbonyl (C=O) groups excluding carboxylic acids is 1. The van der Waals surface area contributed by atoms with Crippen molar-refractivity contribution >= 4 is 12.0 Å². The van der Waals surface area contributed by atoms with Gasteiger partial charge in [0.2, 0.25) is 0 Å². The van der Waals surface area contributed by atoms with Gasteiger partial charge in [-0.2, -0.15) is 0 Å². The molecular formula is C9H12N2O2. The predicted molar refractivity (Wildman–Crippen MR) is 49.0 cm³/mol. The van der Waals surface area contributed by atoms with Crippen LogP contribution < -0.4 is 0 Å². The Morgan fingerprint density at radius 1 is 1.77 bits per heavy atom. The molecule has 1 rings (SSSR count). The fourth-order valence-electron chi connectivity index (χ4n) is 0.957. The maximum atomic E-state index is 10.8. The third kappa shape index (κ3) is 2.43. The molecule has 4 nitrogen and oxygen atoms in total. The van der Waals surface area contributed by atoms with Crippen molar-refractivity contribution in [1.82, 2.24) is 9.55 Å². The fourth-order valence-corrected chi connectivity index (χ4v) is 0.957. The molecule has 0 aromatic carbocycles. The summed E-state index contributed by atoms with van der Waals surface area (Å²) in [6, 6.07) is 0. The van der Waals surface area contributed by atoms with Crippen LogP contribution in [0.25, 0.3) is 6.08 Å². The van der Waals surface area contributed by atoms with Gasteiger partial charge in [0.15, 0.2) is 0 Å². The van der Waals surface area contributed by atoms with Crippen LogP contribution in [0, 0.1) is 0 Å². The molecule has 0 aliphatic heterocycles. The van der Waals surface area contributed by atoms with E-state index in [1.54, 1.807) is 12.3 Å². The molecule has 0 saturated heterocycles. The number of nitrogens with zero attached hydrogens (tertiary/aromatic N) is 2. The number of imidazole rings is 1. The van der Waals surface area contributed by atoms with E-state index in [0.717, 1.165) is 12.4 Å². The summed E-state index contributed by atoms with van der Waals surface area (Å²) < 4.78 is 6.39. The van der Waals surface area contributed by atoms with Gasteiger partial charge in [-0.3, -0.25) is 0 Å². The first-order valence-corrected chi connectivity index (χ1v) is 4.05. The summed E-state index contributed by atoms with van der Waals surface area (Å²) in [7, 11) is 1.35. The van der Waals surface area contributed by atoms with E-state index in [2.05, 4.69) is 9.72 Å². The predicted octanol–water partition coefficient (Wildman–Crippen LogP) is 1.09. The van der Waals surface area contributed by atoms with Crippen LogP contribution in [-0.2, 0) is 16.1 Å². The van der Waals surface area contributed by atoms with E-state index in [4.69, 9.17) is 0 Å². The van der Waals surface area contributed by atoms with E-state index in [1.165, 1.54) is 13.2 Å². The van der Waals surface area contributed by atoms with Crippen molar-refractivity contribution < 1.29 is 9.53 Å². The van der Waals surface area contributed by atoms with E-state index in [1.807, 2.05) is 17.7 Å². The summed E-state index contributed by atoms with van der Waals surface area (Å²) in [5, 5.41) is 0. The van der Waals surface area contributed by atoms with Crippen LogP contribution in [0.4, 0.5) is 0 Å². The first-order chi connectivity index (χ1) is 6.27. The Labute approximate surface area is 76.8 Å². The molecule has 0 radical (unpaired) electrons. The third-order valence-corrected chi connectivity index (χ3v) is 1.66. The van der Waals surface area contributed by atoms with E-state index >= 15 is 0 Å². The minimum atomic E-state index is -0.370. The average Bonchev–Trinajstić information content (AvgIpc) is 2.61. The number of esters is 1. The zero-order valence-electron chi connectivity index (χ0n) is 7.73. The molecule has 13 heavy (non-hydrogen) atoms. The average molecular weight is 180 g/mol. The van der Waals surface area contributed by atoms with Gasteiger partial charge in [-0.25, -0.2) is 9.78 Å². The lowest BCUT2D eigenvalue weighted by Gasteiger charge is -1.98. The van der Waals surface area contributed by atoms with E-state index in [-0.39, 0.29) is 5.97 Å². The summed E-state index contributed by atoms with van der Waals surface area (Å²) in [4.78, 5) is 14.8. The first-order valence-electron chi connectivity index (χ1n) is 4.05. The Bertz CT molecular complexity index is 315. The minimum Gasteiger partial charge on any atom is -0.466 e. The van der Waals surface area contributed by atoms with Crippen molar-refractivity contribution in [3.63, 3.8) is 0 Å². The Balaban J connectivity index is 2.73. The number of hydrogen-bond acceptors (Lipinski definition) is 3. The molecule has 0 fully saturated rings. The molecular weight excluding hydrogens is 168 g/mol. The molecule has 0 atom stereocenters. The van der Waals surface area contributed by atoms with Gasteiger partial charge in [-0.05, 0) is 13.0 Å². The molecule has 0 spiro atoms. The van der Waals surface area contributed by atoms with Crippen molar-refractivity contribution in [2.24, 2.45) is 0 Å². The molecule has 0 N–H and O–H groups in total. The van der Waals surface area contributed by atoms with Crippen LogP contribution in [0.2, 0.25) is 0 Å². The van der Waals surface area contributed by atoms with Gasteiger partial charge in [0, 0.05) is 25.0 Å². The number of carbonyl (C=O) groups is 1. The van der Waals surface area contributed by atoms with Gasteiger partial charge in [0.1, 0.15) is 5.82 Å². The number of ether oxygens (including phenoxy) is 1. The highest BCUT2D eigenvalue weighted by molar-refractivity contribution is 5.86. The topological polar surface area (TPSA) is 44.1 Å². The number of aromatic nitrogens is 2. The summed E-state index contributed by atoms with van der Waals surface area (Å²) in [5.41, 5.74) is 0. The fraction of sp³-hybridized carbons (Fsp3) is 0.333. The SMILES string of the molecule is CCn1ccnc1C=CC(=O)OC. The molecule has 4 heteroatoms.